The van der Waals surface area contributed by atoms with Crippen molar-refractivity contribution >= 4 is 10.9 Å². The summed E-state index contributed by atoms with van der Waals surface area (Å²) in [5, 5.41) is 5.04. The van der Waals surface area contributed by atoms with Gasteiger partial charge < -0.3 is 10.3 Å². The molecule has 0 fully saturated rings. The molecule has 1 aromatic heterocycles. The summed E-state index contributed by atoms with van der Waals surface area (Å²) < 4.78 is 5.10. The molecule has 0 saturated carbocycles. The smallest absolute Gasteiger partial charge is 0.141 e. The Morgan fingerprint density at radius 3 is 2.92 bits per heavy atom. The van der Waals surface area contributed by atoms with Crippen LogP contribution in [0, 0.1) is 6.92 Å². The van der Waals surface area contributed by atoms with E-state index in [0.29, 0.717) is 0 Å². The van der Waals surface area contributed by atoms with Crippen LogP contribution in [0.2, 0.25) is 0 Å². The minimum absolute atomic E-state index is 0.00630. The molecule has 0 amide bonds. The summed E-state index contributed by atoms with van der Waals surface area (Å²) in [5.41, 5.74) is 7.73. The quantitative estimate of drug-likeness (QED) is 0.724. The minimum atomic E-state index is -0.00630. The Kier molecular flexibility index (Phi) is 1.81. The van der Waals surface area contributed by atoms with Crippen LogP contribution in [0.25, 0.3) is 10.9 Å². The molecule has 68 valence electrons. The maximum Gasteiger partial charge on any atom is 0.141 e. The summed E-state index contributed by atoms with van der Waals surface area (Å²) in [6, 6.07) is 5.95. The van der Waals surface area contributed by atoms with Gasteiger partial charge in [-0.2, -0.15) is 0 Å². The monoisotopic (exact) mass is 176 g/mol. The Labute approximate surface area is 76.5 Å². The van der Waals surface area contributed by atoms with Crippen molar-refractivity contribution in [1.82, 2.24) is 5.16 Å². The Hall–Kier alpha value is -1.35. The highest BCUT2D eigenvalue weighted by molar-refractivity contribution is 5.83. The Morgan fingerprint density at radius 2 is 2.23 bits per heavy atom. The van der Waals surface area contributed by atoms with Crippen LogP contribution in [-0.2, 0) is 0 Å². The van der Waals surface area contributed by atoms with E-state index in [1.807, 2.05) is 32.0 Å². The molecule has 0 aliphatic carbocycles. The Bertz CT molecular complexity index is 431. The number of aromatic nitrogens is 1. The van der Waals surface area contributed by atoms with E-state index in [1.165, 1.54) is 0 Å². The SMILES string of the molecule is Cc1onc2c(C(C)N)cccc12. The third kappa shape index (κ3) is 1.21. The van der Waals surface area contributed by atoms with Crippen LogP contribution in [0.4, 0.5) is 0 Å². The number of fused-ring (bicyclic) bond motifs is 1. The molecule has 1 heterocycles. The second-order valence-electron chi connectivity index (χ2n) is 3.27. The van der Waals surface area contributed by atoms with E-state index in [9.17, 15) is 0 Å². The Balaban J connectivity index is 2.77. The first-order chi connectivity index (χ1) is 6.20. The first-order valence-corrected chi connectivity index (χ1v) is 4.30. The fourth-order valence-electron chi connectivity index (χ4n) is 1.48. The number of benzene rings is 1. The maximum atomic E-state index is 5.81. The molecule has 0 radical (unpaired) electrons. The molecule has 1 aromatic carbocycles. The zero-order valence-electron chi connectivity index (χ0n) is 7.74. The average molecular weight is 176 g/mol. The lowest BCUT2D eigenvalue weighted by Gasteiger charge is -2.04. The van der Waals surface area contributed by atoms with Crippen LogP contribution in [0.15, 0.2) is 22.7 Å². The number of aryl methyl sites for hydroxylation is 1. The van der Waals surface area contributed by atoms with Gasteiger partial charge in [0.2, 0.25) is 0 Å². The van der Waals surface area contributed by atoms with Crippen molar-refractivity contribution in [3.05, 3.63) is 29.5 Å². The predicted molar refractivity (Wildman–Crippen MR) is 51.3 cm³/mol. The maximum absolute atomic E-state index is 5.81. The highest BCUT2D eigenvalue weighted by Crippen LogP contribution is 2.24. The lowest BCUT2D eigenvalue weighted by atomic mass is 10.1. The van der Waals surface area contributed by atoms with Crippen molar-refractivity contribution in [3.63, 3.8) is 0 Å². The van der Waals surface area contributed by atoms with E-state index in [-0.39, 0.29) is 6.04 Å². The molecular weight excluding hydrogens is 164 g/mol. The third-order valence-electron chi connectivity index (χ3n) is 2.21. The summed E-state index contributed by atoms with van der Waals surface area (Å²) >= 11 is 0. The molecule has 0 spiro atoms. The van der Waals surface area contributed by atoms with Gasteiger partial charge in [-0.1, -0.05) is 17.3 Å². The first kappa shape index (κ1) is 8.26. The molecule has 0 bridgehead atoms. The highest BCUT2D eigenvalue weighted by Gasteiger charge is 2.10. The summed E-state index contributed by atoms with van der Waals surface area (Å²) in [5.74, 6) is 0.845. The molecule has 0 aliphatic heterocycles. The highest BCUT2D eigenvalue weighted by atomic mass is 16.5. The van der Waals surface area contributed by atoms with Crippen molar-refractivity contribution in [2.45, 2.75) is 19.9 Å². The van der Waals surface area contributed by atoms with Gasteiger partial charge in [-0.3, -0.25) is 0 Å². The van der Waals surface area contributed by atoms with Crippen LogP contribution < -0.4 is 5.73 Å². The topological polar surface area (TPSA) is 52.0 Å². The van der Waals surface area contributed by atoms with Gasteiger partial charge in [-0.05, 0) is 25.5 Å². The van der Waals surface area contributed by atoms with Crippen LogP contribution in [0.3, 0.4) is 0 Å². The van der Waals surface area contributed by atoms with Gasteiger partial charge in [0.05, 0.1) is 0 Å². The van der Waals surface area contributed by atoms with Gasteiger partial charge in [-0.25, -0.2) is 0 Å². The molecule has 1 unspecified atom stereocenters. The molecule has 3 heteroatoms. The molecule has 0 saturated heterocycles. The molecule has 13 heavy (non-hydrogen) atoms. The van der Waals surface area contributed by atoms with Crippen molar-refractivity contribution in [1.29, 1.82) is 0 Å². The lowest BCUT2D eigenvalue weighted by molar-refractivity contribution is 0.405. The summed E-state index contributed by atoms with van der Waals surface area (Å²) in [7, 11) is 0. The summed E-state index contributed by atoms with van der Waals surface area (Å²) in [4.78, 5) is 0. The summed E-state index contributed by atoms with van der Waals surface area (Å²) in [6.07, 6.45) is 0. The van der Waals surface area contributed by atoms with Crippen molar-refractivity contribution in [3.8, 4) is 0 Å². The molecule has 1 atom stereocenters. The second-order valence-corrected chi connectivity index (χ2v) is 3.27. The number of nitrogens with two attached hydrogens (primary N) is 1. The number of nitrogens with zero attached hydrogens (tertiary/aromatic N) is 1. The number of hydrogen-bond donors (Lipinski definition) is 1. The lowest BCUT2D eigenvalue weighted by Crippen LogP contribution is -2.05. The van der Waals surface area contributed by atoms with E-state index in [1.54, 1.807) is 0 Å². The molecule has 2 rings (SSSR count). The van der Waals surface area contributed by atoms with Crippen LogP contribution in [0.5, 0.6) is 0 Å². The van der Waals surface area contributed by atoms with Gasteiger partial charge in [0.15, 0.2) is 0 Å². The van der Waals surface area contributed by atoms with Gasteiger partial charge in [0.1, 0.15) is 11.3 Å². The normalized spacial score (nSPS) is 13.5. The molecular formula is C10H12N2O. The van der Waals surface area contributed by atoms with E-state index >= 15 is 0 Å². The van der Waals surface area contributed by atoms with Gasteiger partial charge >= 0.3 is 0 Å². The third-order valence-corrected chi connectivity index (χ3v) is 2.21. The van der Waals surface area contributed by atoms with Crippen molar-refractivity contribution < 1.29 is 4.52 Å². The number of rotatable bonds is 1. The molecule has 3 nitrogen and oxygen atoms in total. The molecule has 0 aliphatic rings. The summed E-state index contributed by atoms with van der Waals surface area (Å²) in [6.45, 7) is 3.85. The van der Waals surface area contributed by atoms with E-state index < -0.39 is 0 Å². The van der Waals surface area contributed by atoms with Crippen LogP contribution in [-0.4, -0.2) is 5.16 Å². The van der Waals surface area contributed by atoms with E-state index in [2.05, 4.69) is 5.16 Å². The Morgan fingerprint density at radius 1 is 1.46 bits per heavy atom. The van der Waals surface area contributed by atoms with Gasteiger partial charge in [0.25, 0.3) is 0 Å². The molecule has 2 N–H and O–H groups in total. The standard InChI is InChI=1S/C10H12N2O/c1-6(11)8-4-3-5-9-7(2)13-12-10(8)9/h3-6H,11H2,1-2H3. The largest absolute Gasteiger partial charge is 0.360 e. The zero-order valence-corrected chi connectivity index (χ0v) is 7.74. The van der Waals surface area contributed by atoms with Crippen molar-refractivity contribution in [2.75, 3.05) is 0 Å². The fourth-order valence-corrected chi connectivity index (χ4v) is 1.48. The van der Waals surface area contributed by atoms with E-state index in [0.717, 1.165) is 22.2 Å². The van der Waals surface area contributed by atoms with Crippen LogP contribution in [0.1, 0.15) is 24.3 Å². The second kappa shape index (κ2) is 2.85. The number of hydrogen-bond acceptors (Lipinski definition) is 3. The molecule has 2 aromatic rings. The van der Waals surface area contributed by atoms with Crippen LogP contribution >= 0.6 is 0 Å². The van der Waals surface area contributed by atoms with E-state index in [4.69, 9.17) is 10.3 Å². The van der Waals surface area contributed by atoms with Gasteiger partial charge in [-0.15, -0.1) is 0 Å². The zero-order chi connectivity index (χ0) is 9.42. The minimum Gasteiger partial charge on any atom is -0.360 e. The average Bonchev–Trinajstić information content (AvgIpc) is 2.48. The first-order valence-electron chi connectivity index (χ1n) is 4.30. The predicted octanol–water partition coefficient (Wildman–Crippen LogP) is 2.16. The van der Waals surface area contributed by atoms with Gasteiger partial charge in [0, 0.05) is 11.4 Å². The fraction of sp³-hybridized carbons (Fsp3) is 0.300. The van der Waals surface area contributed by atoms with Crippen molar-refractivity contribution in [2.24, 2.45) is 5.73 Å².